The molecule has 0 fully saturated rings. The Labute approximate surface area is 119 Å². The standard InChI is InChI=1S/C15H22N4O/c1-19-14(8-9-17-19)7-6-13(18-16)10-12-4-3-5-15(11-12)20-2/h3-5,8-9,11,13,18H,6-7,10,16H2,1-2H3. The summed E-state index contributed by atoms with van der Waals surface area (Å²) in [6, 6.07) is 10.4. The molecule has 0 aliphatic heterocycles. The molecular weight excluding hydrogens is 252 g/mol. The number of aromatic nitrogens is 2. The molecule has 0 spiro atoms. The summed E-state index contributed by atoms with van der Waals surface area (Å²) in [5.41, 5.74) is 5.34. The number of rotatable bonds is 7. The lowest BCUT2D eigenvalue weighted by molar-refractivity contribution is 0.413. The van der Waals surface area contributed by atoms with Gasteiger partial charge in [0.2, 0.25) is 0 Å². The molecule has 1 atom stereocenters. The molecule has 0 saturated heterocycles. The summed E-state index contributed by atoms with van der Waals surface area (Å²) in [6.45, 7) is 0. The molecule has 3 N–H and O–H groups in total. The Hall–Kier alpha value is -1.85. The van der Waals surface area contributed by atoms with Crippen LogP contribution in [-0.4, -0.2) is 22.9 Å². The molecule has 5 heteroatoms. The van der Waals surface area contributed by atoms with Crippen LogP contribution in [0.3, 0.4) is 0 Å². The average Bonchev–Trinajstić information content (AvgIpc) is 2.89. The minimum Gasteiger partial charge on any atom is -0.497 e. The predicted octanol–water partition coefficient (Wildman–Crippen LogP) is 1.44. The number of nitrogens with two attached hydrogens (primary N) is 1. The molecule has 1 aromatic heterocycles. The number of aryl methyl sites for hydroxylation is 2. The van der Waals surface area contributed by atoms with Crippen molar-refractivity contribution >= 4 is 0 Å². The van der Waals surface area contributed by atoms with Crippen molar-refractivity contribution < 1.29 is 4.74 Å². The highest BCUT2D eigenvalue weighted by atomic mass is 16.5. The molecule has 2 aromatic rings. The largest absolute Gasteiger partial charge is 0.497 e. The Morgan fingerprint density at radius 3 is 2.90 bits per heavy atom. The third-order valence-electron chi connectivity index (χ3n) is 3.52. The highest BCUT2D eigenvalue weighted by Crippen LogP contribution is 2.15. The Kier molecular flexibility index (Phi) is 5.15. The van der Waals surface area contributed by atoms with Gasteiger partial charge >= 0.3 is 0 Å². The van der Waals surface area contributed by atoms with Crippen molar-refractivity contribution in [3.8, 4) is 5.75 Å². The van der Waals surface area contributed by atoms with Gasteiger partial charge in [-0.15, -0.1) is 0 Å². The summed E-state index contributed by atoms with van der Waals surface area (Å²) in [7, 11) is 3.64. The topological polar surface area (TPSA) is 65.1 Å². The zero-order valence-electron chi connectivity index (χ0n) is 12.0. The molecule has 5 nitrogen and oxygen atoms in total. The van der Waals surface area contributed by atoms with Gasteiger partial charge in [-0.2, -0.15) is 5.10 Å². The first-order valence-corrected chi connectivity index (χ1v) is 6.79. The Bertz CT molecular complexity index is 538. The van der Waals surface area contributed by atoms with Gasteiger partial charge < -0.3 is 4.74 Å². The number of hydrazine groups is 1. The maximum absolute atomic E-state index is 5.67. The highest BCUT2D eigenvalue weighted by molar-refractivity contribution is 5.29. The van der Waals surface area contributed by atoms with Gasteiger partial charge in [0.05, 0.1) is 7.11 Å². The zero-order chi connectivity index (χ0) is 14.4. The third-order valence-corrected chi connectivity index (χ3v) is 3.52. The smallest absolute Gasteiger partial charge is 0.119 e. The first-order chi connectivity index (χ1) is 9.72. The van der Waals surface area contributed by atoms with Crippen LogP contribution in [0.15, 0.2) is 36.5 Å². The van der Waals surface area contributed by atoms with E-state index in [1.54, 1.807) is 7.11 Å². The van der Waals surface area contributed by atoms with Crippen LogP contribution in [0.25, 0.3) is 0 Å². The van der Waals surface area contributed by atoms with Gasteiger partial charge in [0.1, 0.15) is 5.75 Å². The molecule has 0 aliphatic rings. The number of hydrogen-bond donors (Lipinski definition) is 2. The van der Waals surface area contributed by atoms with Gasteiger partial charge in [-0.1, -0.05) is 12.1 Å². The van der Waals surface area contributed by atoms with E-state index in [9.17, 15) is 0 Å². The minimum absolute atomic E-state index is 0.233. The van der Waals surface area contributed by atoms with Crippen LogP contribution in [0.4, 0.5) is 0 Å². The number of nitrogens with one attached hydrogen (secondary N) is 1. The molecule has 0 saturated carbocycles. The molecule has 0 bridgehead atoms. The van der Waals surface area contributed by atoms with E-state index in [0.29, 0.717) is 0 Å². The summed E-state index contributed by atoms with van der Waals surface area (Å²) in [6.07, 6.45) is 4.62. The Morgan fingerprint density at radius 2 is 2.25 bits per heavy atom. The van der Waals surface area contributed by atoms with Crippen LogP contribution in [0.5, 0.6) is 5.75 Å². The molecule has 0 radical (unpaired) electrons. The quantitative estimate of drug-likeness (QED) is 0.592. The highest BCUT2D eigenvalue weighted by Gasteiger charge is 2.10. The predicted molar refractivity (Wildman–Crippen MR) is 79.3 cm³/mol. The van der Waals surface area contributed by atoms with Gasteiger partial charge in [-0.3, -0.25) is 16.0 Å². The van der Waals surface area contributed by atoms with Crippen LogP contribution in [0.1, 0.15) is 17.7 Å². The van der Waals surface area contributed by atoms with E-state index in [-0.39, 0.29) is 6.04 Å². The van der Waals surface area contributed by atoms with Crippen molar-refractivity contribution in [1.82, 2.24) is 15.2 Å². The van der Waals surface area contributed by atoms with Crippen LogP contribution in [0.2, 0.25) is 0 Å². The van der Waals surface area contributed by atoms with Crippen LogP contribution in [-0.2, 0) is 19.9 Å². The van der Waals surface area contributed by atoms with Crippen molar-refractivity contribution in [3.63, 3.8) is 0 Å². The van der Waals surface area contributed by atoms with Crippen molar-refractivity contribution in [2.24, 2.45) is 12.9 Å². The van der Waals surface area contributed by atoms with Crippen LogP contribution >= 0.6 is 0 Å². The number of ether oxygens (including phenoxy) is 1. The van der Waals surface area contributed by atoms with Gasteiger partial charge in [-0.05, 0) is 43.0 Å². The number of methoxy groups -OCH3 is 1. The molecule has 20 heavy (non-hydrogen) atoms. The van der Waals surface area contributed by atoms with Gasteiger partial charge in [0, 0.05) is 25.0 Å². The first-order valence-electron chi connectivity index (χ1n) is 6.79. The zero-order valence-corrected chi connectivity index (χ0v) is 12.0. The van der Waals surface area contributed by atoms with E-state index >= 15 is 0 Å². The molecule has 1 unspecified atom stereocenters. The Balaban J connectivity index is 1.93. The van der Waals surface area contributed by atoms with Crippen molar-refractivity contribution in [1.29, 1.82) is 0 Å². The van der Waals surface area contributed by atoms with Crippen LogP contribution in [0, 0.1) is 0 Å². The summed E-state index contributed by atoms with van der Waals surface area (Å²) < 4.78 is 7.14. The summed E-state index contributed by atoms with van der Waals surface area (Å²) in [5, 5.41) is 4.18. The first kappa shape index (κ1) is 14.6. The van der Waals surface area contributed by atoms with E-state index in [4.69, 9.17) is 10.6 Å². The molecule has 1 heterocycles. The molecule has 2 rings (SSSR count). The van der Waals surface area contributed by atoms with E-state index in [1.165, 1.54) is 11.3 Å². The van der Waals surface area contributed by atoms with Crippen molar-refractivity contribution in [3.05, 3.63) is 47.8 Å². The van der Waals surface area contributed by atoms with E-state index in [0.717, 1.165) is 25.0 Å². The number of benzene rings is 1. The molecule has 108 valence electrons. The van der Waals surface area contributed by atoms with E-state index < -0.39 is 0 Å². The van der Waals surface area contributed by atoms with Gasteiger partial charge in [0.25, 0.3) is 0 Å². The fourth-order valence-corrected chi connectivity index (χ4v) is 2.30. The average molecular weight is 274 g/mol. The molecule has 0 amide bonds. The second-order valence-electron chi connectivity index (χ2n) is 4.90. The summed E-state index contributed by atoms with van der Waals surface area (Å²) in [4.78, 5) is 0. The molecule has 1 aromatic carbocycles. The van der Waals surface area contributed by atoms with Crippen molar-refractivity contribution in [2.45, 2.75) is 25.3 Å². The van der Waals surface area contributed by atoms with E-state index in [2.05, 4.69) is 22.7 Å². The lowest BCUT2D eigenvalue weighted by Gasteiger charge is -2.16. The maximum atomic E-state index is 5.67. The second kappa shape index (κ2) is 7.07. The third kappa shape index (κ3) is 3.82. The summed E-state index contributed by atoms with van der Waals surface area (Å²) >= 11 is 0. The minimum atomic E-state index is 0.233. The summed E-state index contributed by atoms with van der Waals surface area (Å²) in [5.74, 6) is 6.54. The maximum Gasteiger partial charge on any atom is 0.119 e. The molecular formula is C15H22N4O. The lowest BCUT2D eigenvalue weighted by atomic mass is 10.0. The van der Waals surface area contributed by atoms with Gasteiger partial charge in [-0.25, -0.2) is 0 Å². The second-order valence-corrected chi connectivity index (χ2v) is 4.90. The lowest BCUT2D eigenvalue weighted by Crippen LogP contribution is -2.37. The van der Waals surface area contributed by atoms with Crippen molar-refractivity contribution in [2.75, 3.05) is 7.11 Å². The SMILES string of the molecule is COc1cccc(CC(CCc2ccnn2C)NN)c1. The fourth-order valence-electron chi connectivity index (χ4n) is 2.30. The molecule has 0 aliphatic carbocycles. The normalized spacial score (nSPS) is 12.3. The van der Waals surface area contributed by atoms with E-state index in [1.807, 2.05) is 36.1 Å². The fraction of sp³-hybridized carbons (Fsp3) is 0.400. The number of hydrogen-bond acceptors (Lipinski definition) is 4. The Morgan fingerprint density at radius 1 is 1.40 bits per heavy atom. The van der Waals surface area contributed by atoms with Gasteiger partial charge in [0.15, 0.2) is 0 Å². The van der Waals surface area contributed by atoms with Crippen LogP contribution < -0.4 is 16.0 Å². The number of nitrogens with zero attached hydrogens (tertiary/aromatic N) is 2. The monoisotopic (exact) mass is 274 g/mol.